The van der Waals surface area contributed by atoms with Gasteiger partial charge in [-0.25, -0.2) is 4.98 Å². The second kappa shape index (κ2) is 20.4. The SMILES string of the molecule is CC(C)c1cccc(C(C)C)c1C1=CN(c2cc(C(C)(C)C)cc(C(C)(C)C)c2)CN1c1cc(Oc2cc(C(C)(C)c3ccccc3)c3c4ccccc4n(-c4cc(C(C)(C)c5ccccc5)ccn4)c3c2)cc(C(C)(C)C)c1. The van der Waals surface area contributed by atoms with Crippen LogP contribution in [-0.4, -0.2) is 16.2 Å². The molecule has 0 radical (unpaired) electrons. The highest BCUT2D eigenvalue weighted by molar-refractivity contribution is 6.12. The second-order valence-corrected chi connectivity index (χ2v) is 27.1. The van der Waals surface area contributed by atoms with Gasteiger partial charge >= 0.3 is 0 Å². The minimum absolute atomic E-state index is 0.0301. The summed E-state index contributed by atoms with van der Waals surface area (Å²) in [4.78, 5) is 10.2. The summed E-state index contributed by atoms with van der Waals surface area (Å²) in [5.41, 5.74) is 17.5. The van der Waals surface area contributed by atoms with Gasteiger partial charge < -0.3 is 14.5 Å². The van der Waals surface area contributed by atoms with Crippen LogP contribution < -0.4 is 14.5 Å². The molecule has 0 atom stereocenters. The Morgan fingerprint density at radius 2 is 0.987 bits per heavy atom. The Morgan fingerprint density at radius 1 is 0.456 bits per heavy atom. The van der Waals surface area contributed by atoms with E-state index in [0.29, 0.717) is 18.5 Å². The molecular weight excluding hydrogens is 961 g/mol. The van der Waals surface area contributed by atoms with Crippen LogP contribution in [0.15, 0.2) is 176 Å². The van der Waals surface area contributed by atoms with Gasteiger partial charge in [0.15, 0.2) is 0 Å². The molecule has 1 aliphatic heterocycles. The average molecular weight is 1050 g/mol. The van der Waals surface area contributed by atoms with Crippen molar-refractivity contribution in [1.29, 1.82) is 0 Å². The van der Waals surface area contributed by atoms with E-state index < -0.39 is 5.41 Å². The van der Waals surface area contributed by atoms with Gasteiger partial charge in [0.25, 0.3) is 0 Å². The minimum atomic E-state index is -0.412. The lowest BCUT2D eigenvalue weighted by Gasteiger charge is -2.31. The summed E-state index contributed by atoms with van der Waals surface area (Å²) in [5, 5.41) is 2.37. The number of pyridine rings is 1. The number of para-hydroxylation sites is 1. The van der Waals surface area contributed by atoms with E-state index in [1.165, 1.54) is 77.8 Å². The van der Waals surface area contributed by atoms with Gasteiger partial charge in [-0.2, -0.15) is 0 Å². The third-order valence-corrected chi connectivity index (χ3v) is 16.9. The normalized spacial score (nSPS) is 13.8. The Morgan fingerprint density at radius 3 is 1.57 bits per heavy atom. The highest BCUT2D eigenvalue weighted by Gasteiger charge is 2.34. The number of aromatic nitrogens is 2. The molecule has 5 nitrogen and oxygen atoms in total. The van der Waals surface area contributed by atoms with Crippen molar-refractivity contribution in [1.82, 2.24) is 9.55 Å². The molecule has 2 aromatic heterocycles. The number of hydrogen-bond acceptors (Lipinski definition) is 4. The predicted molar refractivity (Wildman–Crippen MR) is 337 cm³/mol. The maximum absolute atomic E-state index is 7.51. The van der Waals surface area contributed by atoms with E-state index in [0.717, 1.165) is 34.0 Å². The fourth-order valence-corrected chi connectivity index (χ4v) is 11.8. The zero-order valence-corrected chi connectivity index (χ0v) is 50.3. The summed E-state index contributed by atoms with van der Waals surface area (Å²) in [6.07, 6.45) is 4.40. The Hall–Kier alpha value is -7.37. The monoisotopic (exact) mass is 1040 g/mol. The van der Waals surface area contributed by atoms with E-state index in [1.54, 1.807) is 0 Å². The van der Waals surface area contributed by atoms with Gasteiger partial charge in [0.1, 0.15) is 17.3 Å². The summed E-state index contributed by atoms with van der Waals surface area (Å²) in [7, 11) is 0. The first-order valence-electron chi connectivity index (χ1n) is 28.8. The lowest BCUT2D eigenvalue weighted by atomic mass is 9.76. The maximum Gasteiger partial charge on any atom is 0.137 e. The lowest BCUT2D eigenvalue weighted by Crippen LogP contribution is -2.28. The fraction of sp³-hybridized carbons (Fsp3) is 0.338. The molecule has 0 spiro atoms. The number of fused-ring (bicyclic) bond motifs is 3. The van der Waals surface area contributed by atoms with Crippen LogP contribution in [0.2, 0.25) is 0 Å². The van der Waals surface area contributed by atoms with Gasteiger partial charge in [-0.15, -0.1) is 0 Å². The van der Waals surface area contributed by atoms with Crippen LogP contribution in [0.5, 0.6) is 11.5 Å². The van der Waals surface area contributed by atoms with Crippen molar-refractivity contribution in [3.63, 3.8) is 0 Å². The fourth-order valence-electron chi connectivity index (χ4n) is 11.8. The number of anilines is 2. The van der Waals surface area contributed by atoms with Crippen molar-refractivity contribution in [2.45, 2.75) is 157 Å². The summed E-state index contributed by atoms with van der Waals surface area (Å²) in [5.74, 6) is 3.06. The Labute approximate surface area is 473 Å². The molecular formula is C74H84N4O. The molecule has 9 aromatic rings. The first kappa shape index (κ1) is 55.0. The topological polar surface area (TPSA) is 33.5 Å². The molecule has 0 fully saturated rings. The number of hydrogen-bond donors (Lipinski definition) is 0. The van der Waals surface area contributed by atoms with Crippen LogP contribution in [-0.2, 0) is 27.1 Å². The van der Waals surface area contributed by atoms with Crippen LogP contribution in [0.25, 0.3) is 33.3 Å². The van der Waals surface area contributed by atoms with E-state index >= 15 is 0 Å². The van der Waals surface area contributed by atoms with E-state index in [-0.39, 0.29) is 21.7 Å². The third-order valence-electron chi connectivity index (χ3n) is 16.9. The quantitative estimate of drug-likeness (QED) is 0.122. The molecule has 0 N–H and O–H groups in total. The Balaban J connectivity index is 1.19. The number of rotatable bonds is 12. The van der Waals surface area contributed by atoms with Gasteiger partial charge in [-0.3, -0.25) is 4.57 Å². The molecule has 0 aliphatic carbocycles. The molecule has 406 valence electrons. The van der Waals surface area contributed by atoms with Crippen LogP contribution in [0.4, 0.5) is 11.4 Å². The van der Waals surface area contributed by atoms with Crippen molar-refractivity contribution in [2.24, 2.45) is 0 Å². The van der Waals surface area contributed by atoms with Crippen LogP contribution in [0.1, 0.15) is 185 Å². The molecule has 0 amide bonds. The number of ether oxygens (including phenoxy) is 1. The summed E-state index contributed by atoms with van der Waals surface area (Å²) >= 11 is 0. The van der Waals surface area contributed by atoms with Crippen molar-refractivity contribution in [3.8, 4) is 17.3 Å². The first-order chi connectivity index (χ1) is 37.2. The molecule has 10 rings (SSSR count). The summed E-state index contributed by atoms with van der Waals surface area (Å²) < 4.78 is 9.87. The van der Waals surface area contributed by atoms with Crippen molar-refractivity contribution < 1.29 is 4.74 Å². The molecule has 0 saturated carbocycles. The van der Waals surface area contributed by atoms with Gasteiger partial charge in [0.2, 0.25) is 0 Å². The van der Waals surface area contributed by atoms with Crippen LogP contribution in [0.3, 0.4) is 0 Å². The van der Waals surface area contributed by atoms with E-state index in [9.17, 15) is 0 Å². The number of nitrogens with zero attached hydrogens (tertiary/aromatic N) is 4. The zero-order valence-electron chi connectivity index (χ0n) is 50.3. The van der Waals surface area contributed by atoms with Gasteiger partial charge in [-0.05, 0) is 127 Å². The van der Waals surface area contributed by atoms with Gasteiger partial charge in [0, 0.05) is 63.1 Å². The molecule has 5 heteroatoms. The van der Waals surface area contributed by atoms with Crippen molar-refractivity contribution >= 4 is 38.9 Å². The van der Waals surface area contributed by atoms with E-state index in [4.69, 9.17) is 9.72 Å². The van der Waals surface area contributed by atoms with Crippen molar-refractivity contribution in [2.75, 3.05) is 16.5 Å². The zero-order chi connectivity index (χ0) is 56.6. The molecule has 7 aromatic carbocycles. The van der Waals surface area contributed by atoms with Crippen LogP contribution in [0, 0.1) is 0 Å². The Kier molecular flexibility index (Phi) is 14.2. The molecule has 0 unspecified atom stereocenters. The summed E-state index contributed by atoms with van der Waals surface area (Å²) in [6.45, 7) is 40.2. The number of benzene rings is 7. The smallest absolute Gasteiger partial charge is 0.137 e. The second-order valence-electron chi connectivity index (χ2n) is 27.1. The van der Waals surface area contributed by atoms with Crippen molar-refractivity contribution in [3.05, 3.63) is 232 Å². The predicted octanol–water partition coefficient (Wildman–Crippen LogP) is 20.0. The van der Waals surface area contributed by atoms with Gasteiger partial charge in [0.05, 0.1) is 23.4 Å². The van der Waals surface area contributed by atoms with E-state index in [1.807, 2.05) is 6.20 Å². The molecule has 1 aliphatic rings. The van der Waals surface area contributed by atoms with E-state index in [2.05, 4.69) is 302 Å². The lowest BCUT2D eigenvalue weighted by molar-refractivity contribution is 0.477. The summed E-state index contributed by atoms with van der Waals surface area (Å²) in [6, 6.07) is 60.7. The highest BCUT2D eigenvalue weighted by Crippen LogP contribution is 2.48. The minimum Gasteiger partial charge on any atom is -0.457 e. The standard InChI is InChI=1S/C74H84N4O/c1-48(2)60-32-26-33-61(49(3)4)68(60)66-46-76(56-38-53(70(5,6)7)37-54(39-56)71(8,9)10)47-77(66)57-40-55(72(11,12)13)41-58(43-57)79-59-44-63(74(16,17)51-29-22-19-23-30-51)69-62-31-24-25-34-64(62)78(65(69)45-59)67-42-52(35-36-75-67)73(14,15)50-27-20-18-21-28-50/h18-46,48-49H,47H2,1-17H3. The highest BCUT2D eigenvalue weighted by atomic mass is 16.5. The Bertz CT molecular complexity index is 3680. The first-order valence-corrected chi connectivity index (χ1v) is 28.8. The molecule has 79 heavy (non-hydrogen) atoms. The third kappa shape index (κ3) is 10.5. The van der Waals surface area contributed by atoms with Crippen LogP contribution >= 0.6 is 0 Å². The largest absolute Gasteiger partial charge is 0.457 e. The maximum atomic E-state index is 7.51. The molecule has 0 bridgehead atoms. The average Bonchev–Trinajstić information content (AvgIpc) is 4.24. The molecule has 3 heterocycles. The van der Waals surface area contributed by atoms with Gasteiger partial charge in [-0.1, -0.05) is 221 Å². The molecule has 0 saturated heterocycles.